The number of hydrogen-bond donors (Lipinski definition) is 0. The van der Waals surface area contributed by atoms with Gasteiger partial charge in [0.2, 0.25) is 0 Å². The van der Waals surface area contributed by atoms with Crippen LogP contribution in [0.4, 0.5) is 0 Å². The van der Waals surface area contributed by atoms with Crippen molar-refractivity contribution in [2.45, 2.75) is 50.2 Å². The number of nitrogens with zero attached hydrogens (tertiary/aromatic N) is 3. The van der Waals surface area contributed by atoms with Crippen LogP contribution in [-0.4, -0.2) is 32.4 Å². The lowest BCUT2D eigenvalue weighted by atomic mass is 10.1. The molecule has 0 aromatic rings. The maximum Gasteiger partial charge on any atom is 0.270 e. The lowest BCUT2D eigenvalue weighted by molar-refractivity contribution is 0.0806. The molecule has 0 aliphatic carbocycles. The zero-order valence-electron chi connectivity index (χ0n) is 9.99. The molecule has 0 saturated carbocycles. The minimum Gasteiger partial charge on any atom is -0.295 e. The molecule has 0 amide bonds. The first-order chi connectivity index (χ1) is 7.23. The molecular formula is C10H18Cl3N3. The topological polar surface area (TPSA) is 18.8 Å². The normalized spacial score (nSPS) is 21.7. The Morgan fingerprint density at radius 2 is 1.81 bits per heavy atom. The van der Waals surface area contributed by atoms with E-state index >= 15 is 0 Å². The predicted molar refractivity (Wildman–Crippen MR) is 70.8 cm³/mol. The molecular weight excluding hydrogens is 268 g/mol. The van der Waals surface area contributed by atoms with Crippen LogP contribution in [0.15, 0.2) is 5.10 Å². The number of rotatable bonds is 3. The highest BCUT2D eigenvalue weighted by Crippen LogP contribution is 2.36. The largest absolute Gasteiger partial charge is 0.295 e. The van der Waals surface area contributed by atoms with Gasteiger partial charge in [-0.15, -0.1) is 0 Å². The van der Waals surface area contributed by atoms with Crippen molar-refractivity contribution in [3.05, 3.63) is 0 Å². The molecule has 1 atom stereocenters. The maximum atomic E-state index is 5.93. The van der Waals surface area contributed by atoms with Crippen molar-refractivity contribution < 1.29 is 0 Å². The molecule has 0 spiro atoms. The Balaban J connectivity index is 2.84. The van der Waals surface area contributed by atoms with Gasteiger partial charge in [0.25, 0.3) is 3.92 Å². The molecule has 0 aromatic heterocycles. The Morgan fingerprint density at radius 1 is 1.25 bits per heavy atom. The van der Waals surface area contributed by atoms with E-state index in [1.54, 1.807) is 11.2 Å². The van der Waals surface area contributed by atoms with Crippen LogP contribution in [0.1, 0.15) is 34.1 Å². The summed E-state index contributed by atoms with van der Waals surface area (Å²) in [4.78, 5) is 1.68. The molecule has 3 nitrogen and oxygen atoms in total. The Hall–Kier alpha value is 0.140. The van der Waals surface area contributed by atoms with Crippen LogP contribution in [0.5, 0.6) is 0 Å². The van der Waals surface area contributed by atoms with Gasteiger partial charge in [-0.1, -0.05) is 48.7 Å². The molecule has 6 heteroatoms. The first-order valence-electron chi connectivity index (χ1n) is 5.41. The third-order valence-electron chi connectivity index (χ3n) is 2.44. The summed E-state index contributed by atoms with van der Waals surface area (Å²) < 4.78 is -1.44. The van der Waals surface area contributed by atoms with E-state index in [2.05, 4.69) is 32.8 Å². The van der Waals surface area contributed by atoms with Crippen LogP contribution in [0.2, 0.25) is 0 Å². The van der Waals surface area contributed by atoms with E-state index in [1.807, 2.05) is 5.01 Å². The van der Waals surface area contributed by atoms with Crippen LogP contribution in [0.25, 0.3) is 0 Å². The third kappa shape index (κ3) is 3.31. The predicted octanol–water partition coefficient (Wildman–Crippen LogP) is 3.66. The second kappa shape index (κ2) is 5.19. The van der Waals surface area contributed by atoms with Crippen LogP contribution >= 0.6 is 34.8 Å². The summed E-state index contributed by atoms with van der Waals surface area (Å²) in [5, 5.41) is 6.27. The lowest BCUT2D eigenvalue weighted by Crippen LogP contribution is -2.48. The summed E-state index contributed by atoms with van der Waals surface area (Å²) in [5.41, 5.74) is 0. The number of hydrazone groups is 1. The van der Waals surface area contributed by atoms with Gasteiger partial charge in [-0.3, -0.25) is 9.91 Å². The zero-order valence-corrected chi connectivity index (χ0v) is 12.3. The fourth-order valence-electron chi connectivity index (χ4n) is 1.75. The molecule has 94 valence electrons. The van der Waals surface area contributed by atoms with E-state index in [9.17, 15) is 0 Å². The first kappa shape index (κ1) is 14.2. The smallest absolute Gasteiger partial charge is 0.270 e. The van der Waals surface area contributed by atoms with Crippen molar-refractivity contribution in [3.63, 3.8) is 0 Å². The van der Waals surface area contributed by atoms with Gasteiger partial charge in [-0.05, 0) is 26.2 Å². The Morgan fingerprint density at radius 3 is 2.19 bits per heavy atom. The van der Waals surface area contributed by atoms with Crippen molar-refractivity contribution in [2.75, 3.05) is 0 Å². The van der Waals surface area contributed by atoms with E-state index in [1.165, 1.54) is 0 Å². The van der Waals surface area contributed by atoms with E-state index < -0.39 is 3.92 Å². The highest BCUT2D eigenvalue weighted by molar-refractivity contribution is 6.67. The van der Waals surface area contributed by atoms with Crippen LogP contribution in [0.3, 0.4) is 0 Å². The Kier molecular flexibility index (Phi) is 4.61. The highest BCUT2D eigenvalue weighted by Gasteiger charge is 2.40. The molecule has 0 fully saturated rings. The van der Waals surface area contributed by atoms with Crippen molar-refractivity contribution in [1.82, 2.24) is 9.91 Å². The Labute approximate surface area is 112 Å². The van der Waals surface area contributed by atoms with Gasteiger partial charge in [0, 0.05) is 6.04 Å². The average Bonchev–Trinajstić information content (AvgIpc) is 2.45. The first-order valence-corrected chi connectivity index (χ1v) is 6.54. The quantitative estimate of drug-likeness (QED) is 0.582. The molecule has 0 aromatic carbocycles. The molecule has 0 bridgehead atoms. The van der Waals surface area contributed by atoms with Gasteiger partial charge in [-0.25, -0.2) is 0 Å². The van der Waals surface area contributed by atoms with Crippen molar-refractivity contribution in [2.24, 2.45) is 11.0 Å². The van der Waals surface area contributed by atoms with Crippen molar-refractivity contribution in [3.8, 4) is 0 Å². The summed E-state index contributed by atoms with van der Waals surface area (Å²) in [6, 6.07) is 0.289. The molecule has 16 heavy (non-hydrogen) atoms. The second-order valence-electron chi connectivity index (χ2n) is 4.69. The SMILES string of the molecule is CC(C)CC1N(C(C)C)N=CN1C(Cl)(Cl)Cl. The Bertz CT molecular complexity index is 261. The van der Waals surface area contributed by atoms with Crippen LogP contribution in [0, 0.1) is 5.92 Å². The fraction of sp³-hybridized carbons (Fsp3) is 0.900. The standard InChI is InChI=1S/C10H18Cl3N3/c1-7(2)5-9-15(10(11,12)13)6-14-16(9)8(3)4/h6-9H,5H2,1-4H3. The summed E-state index contributed by atoms with van der Waals surface area (Å²) >= 11 is 17.8. The molecule has 1 aliphatic heterocycles. The summed E-state index contributed by atoms with van der Waals surface area (Å²) in [6.45, 7) is 8.44. The van der Waals surface area contributed by atoms with Gasteiger partial charge in [0.05, 0.1) is 0 Å². The van der Waals surface area contributed by atoms with Gasteiger partial charge in [-0.2, -0.15) is 5.10 Å². The minimum atomic E-state index is -1.44. The summed E-state index contributed by atoms with van der Waals surface area (Å²) in [5.74, 6) is 0.516. The lowest BCUT2D eigenvalue weighted by Gasteiger charge is -2.37. The van der Waals surface area contributed by atoms with Crippen LogP contribution < -0.4 is 0 Å². The third-order valence-corrected chi connectivity index (χ3v) is 3.03. The van der Waals surface area contributed by atoms with Gasteiger partial charge >= 0.3 is 0 Å². The fourth-order valence-corrected chi connectivity index (χ4v) is 2.22. The van der Waals surface area contributed by atoms with Crippen molar-refractivity contribution in [1.29, 1.82) is 0 Å². The number of halogens is 3. The van der Waals surface area contributed by atoms with Gasteiger partial charge < -0.3 is 0 Å². The average molecular weight is 287 g/mol. The van der Waals surface area contributed by atoms with E-state index in [0.29, 0.717) is 5.92 Å². The monoisotopic (exact) mass is 285 g/mol. The van der Waals surface area contributed by atoms with E-state index in [0.717, 1.165) is 6.42 Å². The van der Waals surface area contributed by atoms with E-state index in [4.69, 9.17) is 34.8 Å². The molecule has 0 N–H and O–H groups in total. The minimum absolute atomic E-state index is 0.0208. The summed E-state index contributed by atoms with van der Waals surface area (Å²) in [6.07, 6.45) is 2.54. The van der Waals surface area contributed by atoms with Crippen LogP contribution in [-0.2, 0) is 0 Å². The molecule has 1 heterocycles. The molecule has 0 radical (unpaired) electrons. The molecule has 0 saturated heterocycles. The zero-order chi connectivity index (χ0) is 12.5. The number of hydrogen-bond acceptors (Lipinski definition) is 3. The van der Waals surface area contributed by atoms with Gasteiger partial charge in [0.15, 0.2) is 0 Å². The summed E-state index contributed by atoms with van der Waals surface area (Å²) in [7, 11) is 0. The molecule has 1 aliphatic rings. The molecule has 1 rings (SSSR count). The second-order valence-corrected chi connectivity index (χ2v) is 6.91. The maximum absolute atomic E-state index is 5.93. The number of alkyl halides is 3. The highest BCUT2D eigenvalue weighted by atomic mass is 35.6. The van der Waals surface area contributed by atoms with Gasteiger partial charge in [0.1, 0.15) is 12.5 Å². The molecule has 1 unspecified atom stereocenters. The van der Waals surface area contributed by atoms with Crippen molar-refractivity contribution >= 4 is 41.1 Å². The van der Waals surface area contributed by atoms with E-state index in [-0.39, 0.29) is 12.2 Å².